The Morgan fingerprint density at radius 2 is 2.03 bits per heavy atom. The molecule has 4 heterocycles. The SMILES string of the molecule is C[C@@H]1COCCN1c1cc(=O)n2c(n1)N(CC(=O)N1CCCOC1)[C@H](C(F)(F)F)CC2. The van der Waals surface area contributed by atoms with E-state index in [1.54, 1.807) is 0 Å². The van der Waals surface area contributed by atoms with Crippen LogP contribution < -0.4 is 15.4 Å². The number of morpholine rings is 1. The zero-order valence-corrected chi connectivity index (χ0v) is 17.3. The first-order valence-electron chi connectivity index (χ1n) is 10.4. The molecule has 0 radical (unpaired) electrons. The van der Waals surface area contributed by atoms with Gasteiger partial charge in [0, 0.05) is 25.7 Å². The molecule has 2 fully saturated rings. The molecule has 0 N–H and O–H groups in total. The van der Waals surface area contributed by atoms with Crippen molar-refractivity contribution in [3.63, 3.8) is 0 Å². The number of nitrogens with zero attached hydrogens (tertiary/aromatic N) is 5. The molecule has 12 heteroatoms. The lowest BCUT2D eigenvalue weighted by Gasteiger charge is -2.41. The molecular weight excluding hydrogens is 419 g/mol. The Labute approximate surface area is 177 Å². The van der Waals surface area contributed by atoms with Gasteiger partial charge in [0.2, 0.25) is 11.9 Å². The summed E-state index contributed by atoms with van der Waals surface area (Å²) in [6.07, 6.45) is -4.26. The molecule has 0 aliphatic carbocycles. The van der Waals surface area contributed by atoms with Gasteiger partial charge in [0.05, 0.1) is 25.9 Å². The molecule has 1 amide bonds. The number of rotatable bonds is 3. The number of amides is 1. The molecule has 2 saturated heterocycles. The Hall–Kier alpha value is -2.34. The van der Waals surface area contributed by atoms with Crippen LogP contribution in [0.15, 0.2) is 10.9 Å². The number of ether oxygens (including phenoxy) is 2. The summed E-state index contributed by atoms with van der Waals surface area (Å²) in [6.45, 7) is 3.60. The Balaban J connectivity index is 1.70. The fraction of sp³-hybridized carbons (Fsp3) is 0.737. The van der Waals surface area contributed by atoms with Gasteiger partial charge in [-0.15, -0.1) is 0 Å². The number of carbonyl (C=O) groups is 1. The van der Waals surface area contributed by atoms with Crippen LogP contribution in [0, 0.1) is 0 Å². The molecule has 0 spiro atoms. The van der Waals surface area contributed by atoms with Crippen LogP contribution >= 0.6 is 0 Å². The van der Waals surface area contributed by atoms with E-state index in [0.717, 1.165) is 4.90 Å². The maximum Gasteiger partial charge on any atom is 0.408 e. The first-order chi connectivity index (χ1) is 14.8. The van der Waals surface area contributed by atoms with Gasteiger partial charge in [-0.3, -0.25) is 14.2 Å². The highest BCUT2D eigenvalue weighted by Gasteiger charge is 2.47. The fourth-order valence-corrected chi connectivity index (χ4v) is 4.23. The van der Waals surface area contributed by atoms with Gasteiger partial charge in [-0.2, -0.15) is 18.2 Å². The minimum absolute atomic E-state index is 0.0505. The van der Waals surface area contributed by atoms with E-state index >= 15 is 0 Å². The number of alkyl halides is 3. The van der Waals surface area contributed by atoms with E-state index in [2.05, 4.69) is 4.98 Å². The van der Waals surface area contributed by atoms with Crippen molar-refractivity contribution in [1.29, 1.82) is 0 Å². The fourth-order valence-electron chi connectivity index (χ4n) is 4.23. The second-order valence-corrected chi connectivity index (χ2v) is 8.04. The van der Waals surface area contributed by atoms with E-state index in [-0.39, 0.29) is 31.7 Å². The minimum atomic E-state index is -4.57. The average molecular weight is 445 g/mol. The van der Waals surface area contributed by atoms with Gasteiger partial charge >= 0.3 is 6.18 Å². The third kappa shape index (κ3) is 4.49. The van der Waals surface area contributed by atoms with Crippen LogP contribution in [-0.4, -0.2) is 84.8 Å². The maximum atomic E-state index is 13.9. The lowest BCUT2D eigenvalue weighted by molar-refractivity contribution is -0.155. The molecule has 4 rings (SSSR count). The van der Waals surface area contributed by atoms with E-state index < -0.39 is 30.2 Å². The number of anilines is 2. The van der Waals surface area contributed by atoms with Crippen molar-refractivity contribution in [1.82, 2.24) is 14.5 Å². The molecule has 3 aliphatic heterocycles. The van der Waals surface area contributed by atoms with Crippen molar-refractivity contribution in [3.8, 4) is 0 Å². The van der Waals surface area contributed by atoms with Gasteiger partial charge in [-0.05, 0) is 19.8 Å². The molecule has 0 aromatic carbocycles. The smallest absolute Gasteiger partial charge is 0.377 e. The van der Waals surface area contributed by atoms with E-state index in [0.29, 0.717) is 45.1 Å². The van der Waals surface area contributed by atoms with Crippen LogP contribution in [0.2, 0.25) is 0 Å². The molecular formula is C19H26F3N5O4. The van der Waals surface area contributed by atoms with Gasteiger partial charge in [-0.25, -0.2) is 0 Å². The number of hydrogen-bond donors (Lipinski definition) is 0. The summed E-state index contributed by atoms with van der Waals surface area (Å²) in [5, 5.41) is 0. The Bertz CT molecular complexity index is 871. The molecule has 1 aromatic heterocycles. The molecule has 2 atom stereocenters. The summed E-state index contributed by atoms with van der Waals surface area (Å²) in [6, 6.07) is -0.629. The molecule has 31 heavy (non-hydrogen) atoms. The third-order valence-corrected chi connectivity index (χ3v) is 5.90. The van der Waals surface area contributed by atoms with Gasteiger partial charge < -0.3 is 24.2 Å². The van der Waals surface area contributed by atoms with Crippen molar-refractivity contribution in [3.05, 3.63) is 16.4 Å². The maximum absolute atomic E-state index is 13.9. The Morgan fingerprint density at radius 3 is 2.71 bits per heavy atom. The van der Waals surface area contributed by atoms with E-state index in [1.807, 2.05) is 11.8 Å². The zero-order chi connectivity index (χ0) is 22.2. The Kier molecular flexibility index (Phi) is 6.11. The summed E-state index contributed by atoms with van der Waals surface area (Å²) in [5.41, 5.74) is -0.432. The Morgan fingerprint density at radius 1 is 1.23 bits per heavy atom. The second kappa shape index (κ2) is 8.65. The van der Waals surface area contributed by atoms with Crippen LogP contribution in [-0.2, 0) is 20.8 Å². The molecule has 1 aromatic rings. The lowest BCUT2D eigenvalue weighted by Crippen LogP contribution is -2.56. The first-order valence-corrected chi connectivity index (χ1v) is 10.4. The molecule has 0 bridgehead atoms. The van der Waals surface area contributed by atoms with Gasteiger partial charge in [-0.1, -0.05) is 0 Å². The van der Waals surface area contributed by atoms with Gasteiger partial charge in [0.15, 0.2) is 0 Å². The van der Waals surface area contributed by atoms with Crippen molar-refractivity contribution in [2.24, 2.45) is 0 Å². The van der Waals surface area contributed by atoms with E-state index in [4.69, 9.17) is 9.47 Å². The summed E-state index contributed by atoms with van der Waals surface area (Å²) in [7, 11) is 0. The van der Waals surface area contributed by atoms with Gasteiger partial charge in [0.1, 0.15) is 25.1 Å². The topological polar surface area (TPSA) is 80.1 Å². The number of fused-ring (bicyclic) bond motifs is 1. The molecule has 3 aliphatic rings. The summed E-state index contributed by atoms with van der Waals surface area (Å²) in [4.78, 5) is 34.1. The summed E-state index contributed by atoms with van der Waals surface area (Å²) >= 11 is 0. The van der Waals surface area contributed by atoms with Crippen LogP contribution in [0.1, 0.15) is 19.8 Å². The quantitative estimate of drug-likeness (QED) is 0.682. The second-order valence-electron chi connectivity index (χ2n) is 8.04. The minimum Gasteiger partial charge on any atom is -0.377 e. The zero-order valence-electron chi connectivity index (χ0n) is 17.3. The molecule has 0 saturated carbocycles. The van der Waals surface area contributed by atoms with Crippen molar-refractivity contribution < 1.29 is 27.4 Å². The summed E-state index contributed by atoms with van der Waals surface area (Å²) in [5.74, 6) is -0.309. The normalized spacial score (nSPS) is 24.8. The highest BCUT2D eigenvalue weighted by Crippen LogP contribution is 2.34. The van der Waals surface area contributed by atoms with Crippen LogP contribution in [0.25, 0.3) is 0 Å². The van der Waals surface area contributed by atoms with Crippen molar-refractivity contribution in [2.75, 3.05) is 56.0 Å². The van der Waals surface area contributed by atoms with Crippen LogP contribution in [0.5, 0.6) is 0 Å². The lowest BCUT2D eigenvalue weighted by atomic mass is 10.1. The molecule has 9 nitrogen and oxygen atoms in total. The number of aromatic nitrogens is 2. The number of hydrogen-bond acceptors (Lipinski definition) is 7. The average Bonchev–Trinajstić information content (AvgIpc) is 2.74. The van der Waals surface area contributed by atoms with E-state index in [9.17, 15) is 22.8 Å². The number of halogens is 3. The van der Waals surface area contributed by atoms with Crippen molar-refractivity contribution >= 4 is 17.7 Å². The van der Waals surface area contributed by atoms with Crippen molar-refractivity contribution in [2.45, 2.75) is 44.6 Å². The van der Waals surface area contributed by atoms with Crippen LogP contribution in [0.3, 0.4) is 0 Å². The molecule has 172 valence electrons. The monoisotopic (exact) mass is 445 g/mol. The predicted octanol–water partition coefficient (Wildman–Crippen LogP) is 0.816. The highest BCUT2D eigenvalue weighted by molar-refractivity contribution is 5.81. The third-order valence-electron chi connectivity index (χ3n) is 5.90. The predicted molar refractivity (Wildman–Crippen MR) is 105 cm³/mol. The van der Waals surface area contributed by atoms with Gasteiger partial charge in [0.25, 0.3) is 5.56 Å². The van der Waals surface area contributed by atoms with E-state index in [1.165, 1.54) is 15.5 Å². The largest absolute Gasteiger partial charge is 0.408 e. The van der Waals surface area contributed by atoms with Crippen LogP contribution in [0.4, 0.5) is 24.9 Å². The number of carbonyl (C=O) groups excluding carboxylic acids is 1. The molecule has 0 unspecified atom stereocenters. The standard InChI is InChI=1S/C19H26F3N5O4/c1-13-11-30-8-6-25(13)15-9-16(28)26-5-3-14(19(20,21)22)27(18(26)23-15)10-17(29)24-4-2-7-31-12-24/h9,13-14H,2-8,10-12H2,1H3/t13-,14+/m1/s1. The highest BCUT2D eigenvalue weighted by atomic mass is 19.4. The summed E-state index contributed by atoms with van der Waals surface area (Å²) < 4.78 is 53.5. The first kappa shape index (κ1) is 21.9.